The first-order chi connectivity index (χ1) is 11.7. The highest BCUT2D eigenvalue weighted by atomic mass is 16.5. The summed E-state index contributed by atoms with van der Waals surface area (Å²) in [6.45, 7) is 6.77. The second-order valence-corrected chi connectivity index (χ2v) is 7.10. The van der Waals surface area contributed by atoms with Crippen LogP contribution in [0.5, 0.6) is 0 Å². The molecular weight excluding hydrogens is 306 g/mol. The Kier molecular flexibility index (Phi) is 4.37. The van der Waals surface area contributed by atoms with Crippen LogP contribution in [0, 0.1) is 11.8 Å². The van der Waals surface area contributed by atoms with Gasteiger partial charge in [0.1, 0.15) is 0 Å². The van der Waals surface area contributed by atoms with Gasteiger partial charge in [0.2, 0.25) is 11.9 Å². The third kappa shape index (κ3) is 3.10. The van der Waals surface area contributed by atoms with Gasteiger partial charge < -0.3 is 14.5 Å². The van der Waals surface area contributed by atoms with E-state index in [9.17, 15) is 4.79 Å². The van der Waals surface area contributed by atoms with E-state index in [1.807, 2.05) is 24.3 Å². The molecule has 0 saturated carbocycles. The molecular formula is C17H25N5O2. The van der Waals surface area contributed by atoms with Crippen molar-refractivity contribution < 1.29 is 9.53 Å². The molecule has 0 N–H and O–H groups in total. The smallest absolute Gasteiger partial charge is 0.227 e. The average Bonchev–Trinajstić information content (AvgIpc) is 3.03. The van der Waals surface area contributed by atoms with Gasteiger partial charge in [-0.05, 0) is 12.3 Å². The number of hydrogen-bond donors (Lipinski definition) is 0. The van der Waals surface area contributed by atoms with Crippen molar-refractivity contribution in [2.24, 2.45) is 11.8 Å². The number of rotatable bonds is 3. The van der Waals surface area contributed by atoms with Gasteiger partial charge >= 0.3 is 0 Å². The molecule has 1 amide bonds. The van der Waals surface area contributed by atoms with Crippen molar-refractivity contribution in [2.45, 2.75) is 13.0 Å². The molecule has 3 aliphatic heterocycles. The Labute approximate surface area is 142 Å². The topological polar surface area (TPSA) is 61.8 Å². The van der Waals surface area contributed by atoms with E-state index in [-0.39, 0.29) is 5.92 Å². The highest BCUT2D eigenvalue weighted by Gasteiger charge is 2.41. The fraction of sp³-hybridized carbons (Fsp3) is 0.706. The van der Waals surface area contributed by atoms with Crippen LogP contribution in [0.4, 0.5) is 5.95 Å². The maximum atomic E-state index is 12.3. The van der Waals surface area contributed by atoms with Crippen molar-refractivity contribution in [3.8, 4) is 0 Å². The molecule has 3 fully saturated rings. The van der Waals surface area contributed by atoms with Crippen molar-refractivity contribution in [1.29, 1.82) is 0 Å². The predicted molar refractivity (Wildman–Crippen MR) is 89.6 cm³/mol. The number of likely N-dealkylation sites (tertiary alicyclic amines) is 2. The number of fused-ring (bicyclic) bond motifs is 1. The van der Waals surface area contributed by atoms with Crippen LogP contribution in [0.15, 0.2) is 12.4 Å². The third-order valence-corrected chi connectivity index (χ3v) is 5.44. The van der Waals surface area contributed by atoms with E-state index in [0.29, 0.717) is 11.8 Å². The zero-order valence-electron chi connectivity index (χ0n) is 14.2. The minimum Gasteiger partial charge on any atom is -0.378 e. The van der Waals surface area contributed by atoms with Crippen LogP contribution >= 0.6 is 0 Å². The van der Waals surface area contributed by atoms with Crippen LogP contribution < -0.4 is 4.90 Å². The highest BCUT2D eigenvalue weighted by Crippen LogP contribution is 2.32. The SMILES string of the molecule is CN1CC[C@@H]2CN(Cc3cnc(N4CCOCC4)nc3)C[C@@H]2C1=O. The van der Waals surface area contributed by atoms with Gasteiger partial charge in [0.15, 0.2) is 0 Å². The maximum Gasteiger partial charge on any atom is 0.227 e. The summed E-state index contributed by atoms with van der Waals surface area (Å²) in [7, 11) is 1.92. The number of carbonyl (C=O) groups excluding carboxylic acids is 1. The lowest BCUT2D eigenvalue weighted by atomic mass is 9.88. The molecule has 4 heterocycles. The van der Waals surface area contributed by atoms with Gasteiger partial charge in [-0.3, -0.25) is 9.69 Å². The zero-order valence-corrected chi connectivity index (χ0v) is 14.2. The van der Waals surface area contributed by atoms with Gasteiger partial charge in [0.25, 0.3) is 0 Å². The van der Waals surface area contributed by atoms with Crippen molar-refractivity contribution in [1.82, 2.24) is 19.8 Å². The molecule has 0 spiro atoms. The first kappa shape index (κ1) is 15.8. The Morgan fingerprint density at radius 2 is 1.92 bits per heavy atom. The van der Waals surface area contributed by atoms with E-state index in [1.165, 1.54) is 0 Å². The number of ether oxygens (including phenoxy) is 1. The molecule has 24 heavy (non-hydrogen) atoms. The lowest BCUT2D eigenvalue weighted by Gasteiger charge is -2.30. The first-order valence-electron chi connectivity index (χ1n) is 8.81. The largest absolute Gasteiger partial charge is 0.378 e. The van der Waals surface area contributed by atoms with Crippen molar-refractivity contribution in [3.05, 3.63) is 18.0 Å². The molecule has 7 heteroatoms. The van der Waals surface area contributed by atoms with Crippen LogP contribution in [-0.4, -0.2) is 78.7 Å². The van der Waals surface area contributed by atoms with Crippen LogP contribution in [0.1, 0.15) is 12.0 Å². The highest BCUT2D eigenvalue weighted by molar-refractivity contribution is 5.80. The number of carbonyl (C=O) groups is 1. The van der Waals surface area contributed by atoms with Gasteiger partial charge in [0.05, 0.1) is 19.1 Å². The summed E-state index contributed by atoms with van der Waals surface area (Å²) in [6, 6.07) is 0. The van der Waals surface area contributed by atoms with Gasteiger partial charge in [0, 0.05) is 64.3 Å². The molecule has 1 aromatic rings. The normalized spacial score (nSPS) is 28.3. The Hall–Kier alpha value is -1.73. The lowest BCUT2D eigenvalue weighted by molar-refractivity contribution is -0.137. The molecule has 0 aliphatic carbocycles. The number of hydrogen-bond acceptors (Lipinski definition) is 6. The van der Waals surface area contributed by atoms with Crippen molar-refractivity contribution >= 4 is 11.9 Å². The molecule has 1 aromatic heterocycles. The third-order valence-electron chi connectivity index (χ3n) is 5.44. The van der Waals surface area contributed by atoms with E-state index in [1.54, 1.807) is 0 Å². The molecule has 130 valence electrons. The molecule has 7 nitrogen and oxygen atoms in total. The van der Waals surface area contributed by atoms with Gasteiger partial charge in [-0.15, -0.1) is 0 Å². The summed E-state index contributed by atoms with van der Waals surface area (Å²) in [5, 5.41) is 0. The molecule has 3 aliphatic rings. The average molecular weight is 331 g/mol. The first-order valence-corrected chi connectivity index (χ1v) is 8.81. The van der Waals surface area contributed by atoms with Crippen LogP contribution in [-0.2, 0) is 16.1 Å². The molecule has 0 bridgehead atoms. The number of aromatic nitrogens is 2. The predicted octanol–water partition coefficient (Wildman–Crippen LogP) is 0.223. The number of nitrogens with zero attached hydrogens (tertiary/aromatic N) is 5. The summed E-state index contributed by atoms with van der Waals surface area (Å²) in [5.41, 5.74) is 1.12. The molecule has 0 radical (unpaired) electrons. The second kappa shape index (κ2) is 6.64. The van der Waals surface area contributed by atoms with Gasteiger partial charge in [-0.1, -0.05) is 0 Å². The van der Waals surface area contributed by atoms with Gasteiger partial charge in [-0.25, -0.2) is 9.97 Å². The molecule has 2 atom stereocenters. The minimum atomic E-state index is 0.178. The number of morpholine rings is 1. The monoisotopic (exact) mass is 331 g/mol. The quantitative estimate of drug-likeness (QED) is 0.790. The van der Waals surface area contributed by atoms with E-state index < -0.39 is 0 Å². The summed E-state index contributed by atoms with van der Waals surface area (Å²) in [5.74, 6) is 1.79. The Bertz CT molecular complexity index is 587. The fourth-order valence-electron chi connectivity index (χ4n) is 4.03. The van der Waals surface area contributed by atoms with E-state index in [4.69, 9.17) is 4.74 Å². The van der Waals surface area contributed by atoms with E-state index in [2.05, 4.69) is 19.8 Å². The van der Waals surface area contributed by atoms with Gasteiger partial charge in [-0.2, -0.15) is 0 Å². The molecule has 3 saturated heterocycles. The van der Waals surface area contributed by atoms with Crippen LogP contribution in [0.2, 0.25) is 0 Å². The summed E-state index contributed by atoms with van der Waals surface area (Å²) in [4.78, 5) is 27.7. The number of piperidine rings is 1. The Balaban J connectivity index is 1.37. The summed E-state index contributed by atoms with van der Waals surface area (Å²) in [6.07, 6.45) is 4.97. The van der Waals surface area contributed by atoms with Crippen LogP contribution in [0.25, 0.3) is 0 Å². The Morgan fingerprint density at radius 3 is 2.67 bits per heavy atom. The molecule has 0 unspecified atom stereocenters. The summed E-state index contributed by atoms with van der Waals surface area (Å²) < 4.78 is 5.36. The Morgan fingerprint density at radius 1 is 1.17 bits per heavy atom. The maximum absolute atomic E-state index is 12.3. The molecule has 0 aromatic carbocycles. The van der Waals surface area contributed by atoms with Crippen LogP contribution in [0.3, 0.4) is 0 Å². The second-order valence-electron chi connectivity index (χ2n) is 7.10. The van der Waals surface area contributed by atoms with Crippen molar-refractivity contribution in [3.63, 3.8) is 0 Å². The standard InChI is InChI=1S/C17H25N5O2/c1-20-3-2-14-11-21(12-15(14)16(20)23)10-13-8-18-17(19-9-13)22-4-6-24-7-5-22/h8-9,14-15H,2-7,10-12H2,1H3/t14-,15+/m1/s1. The lowest BCUT2D eigenvalue weighted by Crippen LogP contribution is -2.42. The number of amides is 1. The minimum absolute atomic E-state index is 0.178. The van der Waals surface area contributed by atoms with Crippen molar-refractivity contribution in [2.75, 3.05) is 57.9 Å². The summed E-state index contributed by atoms with van der Waals surface area (Å²) >= 11 is 0. The molecule has 4 rings (SSSR count). The zero-order chi connectivity index (χ0) is 16.5. The van der Waals surface area contributed by atoms with E-state index >= 15 is 0 Å². The van der Waals surface area contributed by atoms with E-state index in [0.717, 1.165) is 70.4 Å². The number of anilines is 1. The fourth-order valence-corrected chi connectivity index (χ4v) is 4.03.